The highest BCUT2D eigenvalue weighted by Crippen LogP contribution is 2.24. The van der Waals surface area contributed by atoms with Crippen LogP contribution in [0.15, 0.2) is 47.5 Å². The lowest BCUT2D eigenvalue weighted by molar-refractivity contribution is 0.615. The summed E-state index contributed by atoms with van der Waals surface area (Å²) in [5.74, 6) is -0.301. The Morgan fingerprint density at radius 2 is 1.92 bits per heavy atom. The average Bonchev–Trinajstić information content (AvgIpc) is 3.06. The minimum Gasteiger partial charge on any atom is -0.313 e. The van der Waals surface area contributed by atoms with E-state index in [0.717, 1.165) is 24.0 Å². The maximum atomic E-state index is 13.1. The van der Waals surface area contributed by atoms with Gasteiger partial charge in [0, 0.05) is 18.3 Å². The van der Waals surface area contributed by atoms with Crippen molar-refractivity contribution in [1.29, 1.82) is 0 Å². The van der Waals surface area contributed by atoms with Crippen LogP contribution in [-0.2, 0) is 6.54 Å². The fourth-order valence-electron chi connectivity index (χ4n) is 2.87. The van der Waals surface area contributed by atoms with Gasteiger partial charge < -0.3 is 4.57 Å². The molecule has 0 aliphatic rings. The zero-order chi connectivity index (χ0) is 17.4. The highest BCUT2D eigenvalue weighted by Gasteiger charge is 2.14. The van der Waals surface area contributed by atoms with E-state index in [0.29, 0.717) is 23.2 Å². The van der Waals surface area contributed by atoms with Crippen molar-refractivity contribution in [2.75, 3.05) is 0 Å². The maximum Gasteiger partial charge on any atom is 0.280 e. The minimum atomic E-state index is -0.301. The Morgan fingerprint density at radius 1 is 1.12 bits per heavy atom. The van der Waals surface area contributed by atoms with Gasteiger partial charge in [-0.05, 0) is 30.2 Å². The van der Waals surface area contributed by atoms with Crippen LogP contribution in [0.25, 0.3) is 27.8 Å². The number of hydrogen-bond acceptors (Lipinski definition) is 4. The summed E-state index contributed by atoms with van der Waals surface area (Å²) in [5, 5.41) is 12.7. The zero-order valence-corrected chi connectivity index (χ0v) is 13.7. The van der Waals surface area contributed by atoms with Gasteiger partial charge in [-0.3, -0.25) is 4.79 Å². The number of hydrogen-bond donors (Lipinski definition) is 0. The lowest BCUT2D eigenvalue weighted by Crippen LogP contribution is -2.21. The Hall–Kier alpha value is -3.09. The van der Waals surface area contributed by atoms with E-state index in [2.05, 4.69) is 22.2 Å². The van der Waals surface area contributed by atoms with Gasteiger partial charge in [0.25, 0.3) is 5.56 Å². The lowest BCUT2D eigenvalue weighted by Gasteiger charge is -2.06. The molecule has 25 heavy (non-hydrogen) atoms. The highest BCUT2D eigenvalue weighted by atomic mass is 19.1. The van der Waals surface area contributed by atoms with Gasteiger partial charge in [0.15, 0.2) is 11.2 Å². The summed E-state index contributed by atoms with van der Waals surface area (Å²) in [6.45, 7) is 2.74. The maximum absolute atomic E-state index is 13.1. The summed E-state index contributed by atoms with van der Waals surface area (Å²) in [4.78, 5) is 12.6. The number of pyridine rings is 1. The van der Waals surface area contributed by atoms with E-state index in [1.807, 2.05) is 6.07 Å². The smallest absolute Gasteiger partial charge is 0.280 e. The molecule has 0 fully saturated rings. The molecule has 7 heteroatoms. The Bertz CT molecular complexity index is 1110. The Morgan fingerprint density at radius 3 is 2.68 bits per heavy atom. The van der Waals surface area contributed by atoms with E-state index in [1.165, 1.54) is 12.1 Å². The Labute approximate surface area is 142 Å². The first-order valence-corrected chi connectivity index (χ1v) is 8.18. The van der Waals surface area contributed by atoms with Crippen molar-refractivity contribution in [3.63, 3.8) is 0 Å². The van der Waals surface area contributed by atoms with Gasteiger partial charge in [-0.2, -0.15) is 5.10 Å². The number of nitrogens with zero attached hydrogens (tertiary/aromatic N) is 5. The molecular weight excluding hydrogens is 321 g/mol. The SMILES string of the molecule is CCCCn1ccc2c(nnc3c(-c4ccc(F)cc4)cnn32)c1=O. The van der Waals surface area contributed by atoms with Crippen LogP contribution in [0.5, 0.6) is 0 Å². The van der Waals surface area contributed by atoms with Crippen LogP contribution in [0.3, 0.4) is 0 Å². The van der Waals surface area contributed by atoms with Gasteiger partial charge in [-0.15, -0.1) is 10.2 Å². The van der Waals surface area contributed by atoms with Gasteiger partial charge in [0.1, 0.15) is 11.3 Å². The van der Waals surface area contributed by atoms with E-state index in [-0.39, 0.29) is 11.4 Å². The van der Waals surface area contributed by atoms with Crippen molar-refractivity contribution in [1.82, 2.24) is 24.4 Å². The molecule has 0 unspecified atom stereocenters. The molecule has 3 aromatic heterocycles. The summed E-state index contributed by atoms with van der Waals surface area (Å²) in [6, 6.07) is 7.94. The average molecular weight is 337 g/mol. The van der Waals surface area contributed by atoms with Gasteiger partial charge in [0.05, 0.1) is 6.20 Å². The first-order chi connectivity index (χ1) is 12.2. The summed E-state index contributed by atoms with van der Waals surface area (Å²) in [7, 11) is 0. The molecule has 0 aliphatic carbocycles. The van der Waals surface area contributed by atoms with Crippen LogP contribution in [0.2, 0.25) is 0 Å². The second-order valence-corrected chi connectivity index (χ2v) is 5.90. The molecule has 0 bridgehead atoms. The van der Waals surface area contributed by atoms with Crippen LogP contribution >= 0.6 is 0 Å². The number of aryl methyl sites for hydroxylation is 1. The van der Waals surface area contributed by atoms with E-state index >= 15 is 0 Å². The first-order valence-electron chi connectivity index (χ1n) is 8.18. The number of benzene rings is 1. The number of unbranched alkanes of at least 4 members (excludes halogenated alkanes) is 1. The fraction of sp³-hybridized carbons (Fsp3) is 0.222. The highest BCUT2D eigenvalue weighted by molar-refractivity contribution is 5.82. The van der Waals surface area contributed by atoms with E-state index in [4.69, 9.17) is 0 Å². The van der Waals surface area contributed by atoms with E-state index < -0.39 is 0 Å². The van der Waals surface area contributed by atoms with Crippen LogP contribution in [-0.4, -0.2) is 24.4 Å². The second kappa shape index (κ2) is 6.08. The van der Waals surface area contributed by atoms with E-state index in [9.17, 15) is 9.18 Å². The normalized spacial score (nSPS) is 11.4. The molecule has 126 valence electrons. The van der Waals surface area contributed by atoms with Crippen LogP contribution in [0.1, 0.15) is 19.8 Å². The Kier molecular flexibility index (Phi) is 3.76. The van der Waals surface area contributed by atoms with E-state index in [1.54, 1.807) is 33.6 Å². The predicted molar refractivity (Wildman–Crippen MR) is 92.9 cm³/mol. The number of rotatable bonds is 4. The molecule has 6 nitrogen and oxygen atoms in total. The molecule has 1 aromatic carbocycles. The minimum absolute atomic E-state index is 0.167. The van der Waals surface area contributed by atoms with Crippen LogP contribution < -0.4 is 5.56 Å². The van der Waals surface area contributed by atoms with Crippen LogP contribution in [0, 0.1) is 5.82 Å². The molecule has 0 spiro atoms. The van der Waals surface area contributed by atoms with Crippen molar-refractivity contribution in [3.05, 3.63) is 58.9 Å². The van der Waals surface area contributed by atoms with Crippen molar-refractivity contribution in [3.8, 4) is 11.1 Å². The first kappa shape index (κ1) is 15.4. The summed E-state index contributed by atoms with van der Waals surface area (Å²) in [6.07, 6.45) is 5.35. The van der Waals surface area contributed by atoms with Crippen molar-refractivity contribution >= 4 is 16.7 Å². The lowest BCUT2D eigenvalue weighted by atomic mass is 10.1. The third-order valence-electron chi connectivity index (χ3n) is 4.24. The van der Waals surface area contributed by atoms with Gasteiger partial charge in [-0.1, -0.05) is 25.5 Å². The van der Waals surface area contributed by atoms with Crippen molar-refractivity contribution < 1.29 is 4.39 Å². The molecule has 0 aliphatic heterocycles. The monoisotopic (exact) mass is 337 g/mol. The molecular formula is C18H16FN5O. The van der Waals surface area contributed by atoms with Gasteiger partial charge in [0.2, 0.25) is 0 Å². The third kappa shape index (κ3) is 2.57. The number of aromatic nitrogens is 5. The second-order valence-electron chi connectivity index (χ2n) is 5.90. The van der Waals surface area contributed by atoms with Crippen LogP contribution in [0.4, 0.5) is 4.39 Å². The fourth-order valence-corrected chi connectivity index (χ4v) is 2.87. The summed E-state index contributed by atoms with van der Waals surface area (Å²) >= 11 is 0. The van der Waals surface area contributed by atoms with Gasteiger partial charge >= 0.3 is 0 Å². The topological polar surface area (TPSA) is 65.1 Å². The quantitative estimate of drug-likeness (QED) is 0.574. The molecule has 0 atom stereocenters. The van der Waals surface area contributed by atoms with Crippen molar-refractivity contribution in [2.24, 2.45) is 0 Å². The standard InChI is InChI=1S/C18H16FN5O/c1-2-3-9-23-10-8-15-16(18(23)25)21-22-17-14(11-20-24(15)17)12-4-6-13(19)7-5-12/h4-8,10-11H,2-3,9H2,1H3. The number of fused-ring (bicyclic) bond motifs is 3. The third-order valence-corrected chi connectivity index (χ3v) is 4.24. The molecule has 0 amide bonds. The predicted octanol–water partition coefficient (Wildman–Crippen LogP) is 3.05. The molecule has 0 saturated carbocycles. The Balaban J connectivity index is 1.89. The largest absolute Gasteiger partial charge is 0.313 e. The molecule has 3 heterocycles. The molecule has 0 saturated heterocycles. The molecule has 0 radical (unpaired) electrons. The van der Waals surface area contributed by atoms with Crippen molar-refractivity contribution in [2.45, 2.75) is 26.3 Å². The molecule has 4 aromatic rings. The zero-order valence-electron chi connectivity index (χ0n) is 13.7. The number of halogens is 1. The summed E-state index contributed by atoms with van der Waals surface area (Å²) in [5.41, 5.74) is 2.80. The summed E-state index contributed by atoms with van der Waals surface area (Å²) < 4.78 is 16.4. The molecule has 0 N–H and O–H groups in total. The molecule has 4 rings (SSSR count). The van der Waals surface area contributed by atoms with Gasteiger partial charge in [-0.25, -0.2) is 8.91 Å².